The Balaban J connectivity index is 1.57. The number of amides is 2. The molecule has 2 amide bonds. The van der Waals surface area contributed by atoms with Crippen molar-refractivity contribution in [1.29, 1.82) is 0 Å². The number of imide groups is 1. The van der Waals surface area contributed by atoms with E-state index in [0.29, 0.717) is 28.4 Å². The van der Waals surface area contributed by atoms with E-state index in [9.17, 15) is 14.7 Å². The largest absolute Gasteiger partial charge is 0.504 e. The summed E-state index contributed by atoms with van der Waals surface area (Å²) in [6.07, 6.45) is 0. The molecule has 4 rings (SSSR count). The fourth-order valence-electron chi connectivity index (χ4n) is 4.68. The van der Waals surface area contributed by atoms with Gasteiger partial charge < -0.3 is 19.5 Å². The number of benzene rings is 2. The van der Waals surface area contributed by atoms with Crippen LogP contribution in [0.5, 0.6) is 17.2 Å². The van der Waals surface area contributed by atoms with Crippen molar-refractivity contribution in [3.63, 3.8) is 0 Å². The number of aromatic hydroxyl groups is 1. The molecule has 0 aromatic heterocycles. The van der Waals surface area contributed by atoms with Gasteiger partial charge in [-0.05, 0) is 35.7 Å². The molecule has 0 bridgehead atoms. The third-order valence-electron chi connectivity index (χ3n) is 6.17. The third-order valence-corrected chi connectivity index (χ3v) is 6.17. The van der Waals surface area contributed by atoms with Gasteiger partial charge in [0.05, 0.1) is 37.6 Å². The number of phenolic OH excluding ortho intramolecular Hbond substituents is 1. The molecule has 8 heteroatoms. The lowest BCUT2D eigenvalue weighted by molar-refractivity contribution is 0.0642. The average Bonchev–Trinajstić information content (AvgIpc) is 3.04. The molecular weight excluding hydrogens is 422 g/mol. The Hall–Kier alpha value is -3.26. The molecule has 0 unspecified atom stereocenters. The zero-order chi connectivity index (χ0) is 23.7. The van der Waals surface area contributed by atoms with Gasteiger partial charge in [0.25, 0.3) is 11.8 Å². The minimum Gasteiger partial charge on any atom is -0.504 e. The number of fused-ring (bicyclic) bond motifs is 1. The summed E-state index contributed by atoms with van der Waals surface area (Å²) in [5, 5.41) is 10.3. The second kappa shape index (κ2) is 9.31. The molecule has 2 aromatic carbocycles. The molecule has 8 nitrogen and oxygen atoms in total. The molecule has 0 radical (unpaired) electrons. The van der Waals surface area contributed by atoms with Crippen LogP contribution in [-0.2, 0) is 6.54 Å². The quantitative estimate of drug-likeness (QED) is 0.646. The maximum atomic E-state index is 13.4. The molecule has 176 valence electrons. The van der Waals surface area contributed by atoms with E-state index in [1.807, 2.05) is 12.1 Å². The van der Waals surface area contributed by atoms with Crippen molar-refractivity contribution in [1.82, 2.24) is 9.80 Å². The zero-order valence-electron chi connectivity index (χ0n) is 19.6. The van der Waals surface area contributed by atoms with E-state index in [1.54, 1.807) is 12.1 Å². The Morgan fingerprint density at radius 3 is 2.36 bits per heavy atom. The summed E-state index contributed by atoms with van der Waals surface area (Å²) in [6.45, 7) is 9.01. The molecule has 2 aliphatic heterocycles. The van der Waals surface area contributed by atoms with Gasteiger partial charge in [0.15, 0.2) is 11.5 Å². The summed E-state index contributed by atoms with van der Waals surface area (Å²) >= 11 is 0. The lowest BCUT2D eigenvalue weighted by Gasteiger charge is -2.37. The number of carbonyl (C=O) groups is 2. The van der Waals surface area contributed by atoms with Crippen molar-refractivity contribution in [3.05, 3.63) is 47.0 Å². The fraction of sp³-hybridized carbons (Fsp3) is 0.440. The van der Waals surface area contributed by atoms with E-state index in [0.717, 1.165) is 38.4 Å². The highest BCUT2D eigenvalue weighted by molar-refractivity contribution is 6.23. The van der Waals surface area contributed by atoms with Crippen LogP contribution in [0, 0.1) is 5.92 Å². The number of anilines is 1. The van der Waals surface area contributed by atoms with Crippen LogP contribution < -0.4 is 14.4 Å². The molecule has 0 saturated carbocycles. The highest BCUT2D eigenvalue weighted by Crippen LogP contribution is 2.39. The van der Waals surface area contributed by atoms with Crippen molar-refractivity contribution < 1.29 is 24.2 Å². The summed E-state index contributed by atoms with van der Waals surface area (Å²) in [6, 6.07) is 8.62. The molecule has 0 spiro atoms. The van der Waals surface area contributed by atoms with Crippen molar-refractivity contribution in [2.75, 3.05) is 51.8 Å². The van der Waals surface area contributed by atoms with E-state index >= 15 is 0 Å². The number of phenols is 1. The highest BCUT2D eigenvalue weighted by atomic mass is 16.5. The van der Waals surface area contributed by atoms with Gasteiger partial charge in [-0.3, -0.25) is 19.4 Å². The standard InChI is InChI=1S/C25H31N3O5/c1-16(2)14-26-8-10-27(11-9-26)19-7-5-6-18-22(19)25(31)28(24(18)30)15-17-12-20(29)23(33-4)21(13-17)32-3/h5-7,12-13,16,29H,8-11,14-15H2,1-4H3. The van der Waals surface area contributed by atoms with E-state index in [1.165, 1.54) is 25.2 Å². The van der Waals surface area contributed by atoms with Crippen molar-refractivity contribution in [2.45, 2.75) is 20.4 Å². The van der Waals surface area contributed by atoms with Gasteiger partial charge in [0, 0.05) is 32.7 Å². The SMILES string of the molecule is COc1cc(CN2C(=O)c3cccc(N4CCN(CC(C)C)CC4)c3C2=O)cc(O)c1OC. The minimum atomic E-state index is -0.329. The maximum absolute atomic E-state index is 13.4. The van der Waals surface area contributed by atoms with Crippen LogP contribution in [0.4, 0.5) is 5.69 Å². The van der Waals surface area contributed by atoms with Gasteiger partial charge in [0.2, 0.25) is 5.75 Å². The fourth-order valence-corrected chi connectivity index (χ4v) is 4.68. The number of methoxy groups -OCH3 is 2. The predicted molar refractivity (Wildman–Crippen MR) is 125 cm³/mol. The molecular formula is C25H31N3O5. The molecule has 1 fully saturated rings. The first-order chi connectivity index (χ1) is 15.8. The molecule has 2 heterocycles. The van der Waals surface area contributed by atoms with Gasteiger partial charge in [-0.15, -0.1) is 0 Å². The molecule has 0 atom stereocenters. The first kappa shape index (κ1) is 22.9. The maximum Gasteiger partial charge on any atom is 0.263 e. The molecule has 2 aliphatic rings. The van der Waals surface area contributed by atoms with Crippen LogP contribution in [0.3, 0.4) is 0 Å². The van der Waals surface area contributed by atoms with Gasteiger partial charge in [0.1, 0.15) is 0 Å². The summed E-state index contributed by atoms with van der Waals surface area (Å²) in [5.74, 6) is 0.408. The predicted octanol–water partition coefficient (Wildman–Crippen LogP) is 2.98. The van der Waals surface area contributed by atoms with Crippen molar-refractivity contribution >= 4 is 17.5 Å². The smallest absolute Gasteiger partial charge is 0.263 e. The van der Waals surface area contributed by atoms with Gasteiger partial charge in [-0.2, -0.15) is 0 Å². The van der Waals surface area contributed by atoms with Crippen LogP contribution in [0.2, 0.25) is 0 Å². The lowest BCUT2D eigenvalue weighted by atomic mass is 10.1. The Morgan fingerprint density at radius 2 is 1.73 bits per heavy atom. The molecule has 33 heavy (non-hydrogen) atoms. The summed E-state index contributed by atoms with van der Waals surface area (Å²) in [5.41, 5.74) is 2.27. The number of hydrogen-bond donors (Lipinski definition) is 1. The summed E-state index contributed by atoms with van der Waals surface area (Å²) in [7, 11) is 2.90. The van der Waals surface area contributed by atoms with E-state index in [-0.39, 0.29) is 29.9 Å². The molecule has 2 aromatic rings. The van der Waals surface area contributed by atoms with Gasteiger partial charge in [-0.25, -0.2) is 0 Å². The van der Waals surface area contributed by atoms with E-state index in [2.05, 4.69) is 23.6 Å². The minimum absolute atomic E-state index is 0.0296. The highest BCUT2D eigenvalue weighted by Gasteiger charge is 2.39. The Bertz CT molecular complexity index is 1060. The van der Waals surface area contributed by atoms with Crippen LogP contribution in [0.15, 0.2) is 30.3 Å². The van der Waals surface area contributed by atoms with Crippen LogP contribution >= 0.6 is 0 Å². The number of nitrogens with zero attached hydrogens (tertiary/aromatic N) is 3. The van der Waals surface area contributed by atoms with Crippen LogP contribution in [0.25, 0.3) is 0 Å². The molecule has 0 aliphatic carbocycles. The Kier molecular flexibility index (Phi) is 6.47. The number of rotatable bonds is 7. The Labute approximate surface area is 194 Å². The van der Waals surface area contributed by atoms with Crippen LogP contribution in [0.1, 0.15) is 40.1 Å². The van der Waals surface area contributed by atoms with Crippen molar-refractivity contribution in [3.8, 4) is 17.2 Å². The monoisotopic (exact) mass is 453 g/mol. The van der Waals surface area contributed by atoms with E-state index in [4.69, 9.17) is 9.47 Å². The molecule has 1 N–H and O–H groups in total. The van der Waals surface area contributed by atoms with Gasteiger partial charge >= 0.3 is 0 Å². The Morgan fingerprint density at radius 1 is 1.00 bits per heavy atom. The van der Waals surface area contributed by atoms with Crippen molar-refractivity contribution in [2.24, 2.45) is 5.92 Å². The summed E-state index contributed by atoms with van der Waals surface area (Å²) < 4.78 is 10.4. The normalized spacial score (nSPS) is 16.5. The first-order valence-electron chi connectivity index (χ1n) is 11.2. The number of piperazine rings is 1. The second-order valence-corrected chi connectivity index (χ2v) is 8.93. The third kappa shape index (κ3) is 4.35. The van der Waals surface area contributed by atoms with E-state index < -0.39 is 0 Å². The number of ether oxygens (including phenoxy) is 2. The number of hydrogen-bond acceptors (Lipinski definition) is 7. The topological polar surface area (TPSA) is 82.6 Å². The number of carbonyl (C=O) groups excluding carboxylic acids is 2. The first-order valence-corrected chi connectivity index (χ1v) is 11.2. The average molecular weight is 454 g/mol. The second-order valence-electron chi connectivity index (χ2n) is 8.93. The van der Waals surface area contributed by atoms with Crippen LogP contribution in [-0.4, -0.2) is 73.7 Å². The summed E-state index contributed by atoms with van der Waals surface area (Å²) in [4.78, 5) is 32.4. The lowest BCUT2D eigenvalue weighted by Crippen LogP contribution is -2.47. The molecule has 1 saturated heterocycles. The zero-order valence-corrected chi connectivity index (χ0v) is 19.6. The van der Waals surface area contributed by atoms with Gasteiger partial charge in [-0.1, -0.05) is 19.9 Å².